The molecule has 1 N–H and O–H groups in total. The van der Waals surface area contributed by atoms with Crippen molar-refractivity contribution in [2.75, 3.05) is 7.11 Å². The van der Waals surface area contributed by atoms with E-state index in [1.807, 2.05) is 14.0 Å². The highest BCUT2D eigenvalue weighted by Gasteiger charge is 2.16. The molecule has 0 fully saturated rings. The number of aryl methyl sites for hydroxylation is 1. The molecule has 0 spiro atoms. The van der Waals surface area contributed by atoms with E-state index in [0.29, 0.717) is 29.1 Å². The van der Waals surface area contributed by atoms with Crippen LogP contribution in [-0.2, 0) is 13.7 Å². The van der Waals surface area contributed by atoms with Crippen LogP contribution in [0, 0.1) is 0 Å². The van der Waals surface area contributed by atoms with Gasteiger partial charge in [0.2, 0.25) is 0 Å². The van der Waals surface area contributed by atoms with E-state index in [1.165, 1.54) is 0 Å². The number of hydrogen-bond donors (Lipinski definition) is 1. The van der Waals surface area contributed by atoms with Gasteiger partial charge < -0.3 is 14.4 Å². The van der Waals surface area contributed by atoms with Crippen LogP contribution in [-0.4, -0.2) is 27.6 Å². The van der Waals surface area contributed by atoms with E-state index < -0.39 is 0 Å². The van der Waals surface area contributed by atoms with Crippen molar-refractivity contribution in [3.8, 4) is 5.75 Å². The monoisotopic (exact) mass is 262 g/mol. The standard InChI is InChI=1S/C14H18N2O3/c1-4-5-12(18)9-6-10-11(7-13(9)19-3)16(2)14(8-17)15-10/h6-7,17H,4-5,8H2,1-3H3. The summed E-state index contributed by atoms with van der Waals surface area (Å²) in [5.41, 5.74) is 2.10. The van der Waals surface area contributed by atoms with Gasteiger partial charge in [0, 0.05) is 19.5 Å². The quantitative estimate of drug-likeness (QED) is 0.838. The van der Waals surface area contributed by atoms with E-state index in [1.54, 1.807) is 23.8 Å². The number of imidazole rings is 1. The van der Waals surface area contributed by atoms with Gasteiger partial charge in [0.15, 0.2) is 5.78 Å². The van der Waals surface area contributed by atoms with Gasteiger partial charge in [-0.1, -0.05) is 6.92 Å². The molecule has 1 heterocycles. The number of ether oxygens (including phenoxy) is 1. The molecule has 0 saturated heterocycles. The zero-order valence-corrected chi connectivity index (χ0v) is 11.4. The number of Topliss-reactive ketones (excluding diaryl/α,β-unsaturated/α-hetero) is 1. The Kier molecular flexibility index (Phi) is 3.85. The normalized spacial score (nSPS) is 10.9. The lowest BCUT2D eigenvalue weighted by Crippen LogP contribution is -2.02. The first kappa shape index (κ1) is 13.5. The Morgan fingerprint density at radius 1 is 1.47 bits per heavy atom. The molecule has 1 aromatic carbocycles. The van der Waals surface area contributed by atoms with Gasteiger partial charge in [-0.15, -0.1) is 0 Å². The fraction of sp³-hybridized carbons (Fsp3) is 0.429. The molecule has 5 nitrogen and oxygen atoms in total. The van der Waals surface area contributed by atoms with Crippen LogP contribution in [0.15, 0.2) is 12.1 Å². The summed E-state index contributed by atoms with van der Waals surface area (Å²) >= 11 is 0. The van der Waals surface area contributed by atoms with Crippen LogP contribution < -0.4 is 4.74 Å². The van der Waals surface area contributed by atoms with Crippen molar-refractivity contribution in [3.63, 3.8) is 0 Å². The van der Waals surface area contributed by atoms with Crippen LogP contribution in [0.1, 0.15) is 35.9 Å². The molecule has 5 heteroatoms. The number of ketones is 1. The van der Waals surface area contributed by atoms with Crippen molar-refractivity contribution in [3.05, 3.63) is 23.5 Å². The third-order valence-corrected chi connectivity index (χ3v) is 3.21. The number of carbonyl (C=O) groups is 1. The van der Waals surface area contributed by atoms with Crippen LogP contribution in [0.5, 0.6) is 5.75 Å². The molecule has 2 rings (SSSR count). The van der Waals surface area contributed by atoms with E-state index in [-0.39, 0.29) is 12.4 Å². The zero-order valence-electron chi connectivity index (χ0n) is 11.4. The minimum absolute atomic E-state index is 0.0532. The van der Waals surface area contributed by atoms with E-state index in [0.717, 1.165) is 11.9 Å². The first-order valence-electron chi connectivity index (χ1n) is 6.29. The van der Waals surface area contributed by atoms with Crippen LogP contribution >= 0.6 is 0 Å². The number of carbonyl (C=O) groups excluding carboxylic acids is 1. The van der Waals surface area contributed by atoms with Crippen molar-refractivity contribution in [2.45, 2.75) is 26.4 Å². The molecular formula is C14H18N2O3. The largest absolute Gasteiger partial charge is 0.496 e. The summed E-state index contributed by atoms with van der Waals surface area (Å²) in [5, 5.41) is 9.23. The number of nitrogens with zero attached hydrogens (tertiary/aromatic N) is 2. The second-order valence-electron chi connectivity index (χ2n) is 4.46. The Morgan fingerprint density at radius 2 is 2.21 bits per heavy atom. The smallest absolute Gasteiger partial charge is 0.166 e. The van der Waals surface area contributed by atoms with E-state index in [4.69, 9.17) is 4.74 Å². The first-order chi connectivity index (χ1) is 9.12. The van der Waals surface area contributed by atoms with Gasteiger partial charge in [-0.2, -0.15) is 0 Å². The van der Waals surface area contributed by atoms with Crippen LogP contribution in [0.2, 0.25) is 0 Å². The number of aliphatic hydroxyl groups is 1. The topological polar surface area (TPSA) is 64.3 Å². The molecule has 0 aliphatic rings. The molecule has 0 saturated carbocycles. The Hall–Kier alpha value is -1.88. The summed E-state index contributed by atoms with van der Waals surface area (Å²) in [7, 11) is 3.38. The maximum atomic E-state index is 12.1. The molecular weight excluding hydrogens is 244 g/mol. The molecule has 0 radical (unpaired) electrons. The lowest BCUT2D eigenvalue weighted by atomic mass is 10.0. The molecule has 0 aliphatic carbocycles. The number of methoxy groups -OCH3 is 1. The zero-order chi connectivity index (χ0) is 14.0. The van der Waals surface area contributed by atoms with Crippen LogP contribution in [0.4, 0.5) is 0 Å². The number of aromatic nitrogens is 2. The van der Waals surface area contributed by atoms with Crippen LogP contribution in [0.25, 0.3) is 11.0 Å². The lowest BCUT2D eigenvalue weighted by molar-refractivity contribution is 0.0979. The second-order valence-corrected chi connectivity index (χ2v) is 4.46. The molecule has 19 heavy (non-hydrogen) atoms. The van der Waals surface area contributed by atoms with Crippen molar-refractivity contribution < 1.29 is 14.6 Å². The third kappa shape index (κ3) is 2.33. The number of rotatable bonds is 5. The Labute approximate surface area is 111 Å². The molecule has 0 aliphatic heterocycles. The van der Waals surface area contributed by atoms with Crippen molar-refractivity contribution in [2.24, 2.45) is 7.05 Å². The number of hydrogen-bond acceptors (Lipinski definition) is 4. The summed E-state index contributed by atoms with van der Waals surface area (Å²) < 4.78 is 7.09. The van der Waals surface area contributed by atoms with Crippen molar-refractivity contribution in [1.29, 1.82) is 0 Å². The van der Waals surface area contributed by atoms with Crippen LogP contribution in [0.3, 0.4) is 0 Å². The summed E-state index contributed by atoms with van der Waals surface area (Å²) in [4.78, 5) is 16.4. The predicted molar refractivity (Wildman–Crippen MR) is 72.4 cm³/mol. The van der Waals surface area contributed by atoms with Gasteiger partial charge in [0.1, 0.15) is 18.2 Å². The molecule has 0 amide bonds. The Morgan fingerprint density at radius 3 is 2.79 bits per heavy atom. The number of aliphatic hydroxyl groups excluding tert-OH is 1. The highest BCUT2D eigenvalue weighted by atomic mass is 16.5. The summed E-state index contributed by atoms with van der Waals surface area (Å²) in [6.45, 7) is 1.83. The average Bonchev–Trinajstić information content (AvgIpc) is 2.73. The summed E-state index contributed by atoms with van der Waals surface area (Å²) in [5.74, 6) is 1.17. The SMILES string of the molecule is CCCC(=O)c1cc2nc(CO)n(C)c2cc1OC. The van der Waals surface area contributed by atoms with Gasteiger partial charge in [0.05, 0.1) is 23.7 Å². The molecule has 0 bridgehead atoms. The minimum atomic E-state index is -0.133. The fourth-order valence-electron chi connectivity index (χ4n) is 2.16. The predicted octanol–water partition coefficient (Wildman–Crippen LogP) is 2.06. The molecule has 102 valence electrons. The minimum Gasteiger partial charge on any atom is -0.496 e. The summed E-state index contributed by atoms with van der Waals surface area (Å²) in [6, 6.07) is 3.54. The highest BCUT2D eigenvalue weighted by Crippen LogP contribution is 2.27. The van der Waals surface area contributed by atoms with E-state index in [2.05, 4.69) is 4.98 Å². The third-order valence-electron chi connectivity index (χ3n) is 3.21. The maximum Gasteiger partial charge on any atom is 0.166 e. The second kappa shape index (κ2) is 5.40. The number of benzene rings is 1. The van der Waals surface area contributed by atoms with Gasteiger partial charge in [-0.3, -0.25) is 4.79 Å². The Balaban J connectivity index is 2.62. The molecule has 0 atom stereocenters. The van der Waals surface area contributed by atoms with Gasteiger partial charge >= 0.3 is 0 Å². The Bertz CT molecular complexity index is 617. The van der Waals surface area contributed by atoms with Crippen molar-refractivity contribution >= 4 is 16.8 Å². The highest BCUT2D eigenvalue weighted by molar-refractivity contribution is 6.01. The molecule has 0 unspecified atom stereocenters. The van der Waals surface area contributed by atoms with Crippen molar-refractivity contribution in [1.82, 2.24) is 9.55 Å². The van der Waals surface area contributed by atoms with Gasteiger partial charge in [-0.05, 0) is 12.5 Å². The summed E-state index contributed by atoms with van der Waals surface area (Å²) in [6.07, 6.45) is 1.28. The van der Waals surface area contributed by atoms with E-state index >= 15 is 0 Å². The average molecular weight is 262 g/mol. The van der Waals surface area contributed by atoms with E-state index in [9.17, 15) is 9.90 Å². The van der Waals surface area contributed by atoms with Gasteiger partial charge in [-0.25, -0.2) is 4.98 Å². The molecule has 2 aromatic rings. The lowest BCUT2D eigenvalue weighted by Gasteiger charge is -2.08. The fourth-order valence-corrected chi connectivity index (χ4v) is 2.16. The molecule has 1 aromatic heterocycles. The maximum absolute atomic E-state index is 12.1. The number of fused-ring (bicyclic) bond motifs is 1. The van der Waals surface area contributed by atoms with Gasteiger partial charge in [0.25, 0.3) is 0 Å². The first-order valence-corrected chi connectivity index (χ1v) is 6.29.